The van der Waals surface area contributed by atoms with E-state index in [0.717, 1.165) is 0 Å². The maximum absolute atomic E-state index is 11.8. The summed E-state index contributed by atoms with van der Waals surface area (Å²) in [7, 11) is 0. The third kappa shape index (κ3) is 4.82. The van der Waals surface area contributed by atoms with Crippen molar-refractivity contribution in [1.82, 2.24) is 10.4 Å². The van der Waals surface area contributed by atoms with Crippen LogP contribution in [0.25, 0.3) is 0 Å². The Kier molecular flexibility index (Phi) is 5.37. The SMILES string of the molecule is C/C(CC(=O)Nc1ccccn1)=N\NC(=O)c1ccccc1. The molecule has 2 aromatic rings. The molecule has 112 valence electrons. The molecule has 1 aromatic heterocycles. The van der Waals surface area contributed by atoms with E-state index in [1.165, 1.54) is 0 Å². The molecular weight excluding hydrogens is 280 g/mol. The van der Waals surface area contributed by atoms with E-state index < -0.39 is 0 Å². The first-order valence-electron chi connectivity index (χ1n) is 6.74. The number of hydrogen-bond donors (Lipinski definition) is 2. The summed E-state index contributed by atoms with van der Waals surface area (Å²) in [5.74, 6) is -0.0763. The van der Waals surface area contributed by atoms with E-state index in [9.17, 15) is 9.59 Å². The van der Waals surface area contributed by atoms with Crippen molar-refractivity contribution in [3.05, 3.63) is 60.3 Å². The van der Waals surface area contributed by atoms with Crippen LogP contribution >= 0.6 is 0 Å². The van der Waals surface area contributed by atoms with Crippen molar-refractivity contribution in [3.63, 3.8) is 0 Å². The highest BCUT2D eigenvalue weighted by atomic mass is 16.2. The van der Waals surface area contributed by atoms with Crippen molar-refractivity contribution in [2.24, 2.45) is 5.10 Å². The predicted molar refractivity (Wildman–Crippen MR) is 84.5 cm³/mol. The number of nitrogens with zero attached hydrogens (tertiary/aromatic N) is 2. The number of aromatic nitrogens is 1. The van der Waals surface area contributed by atoms with Gasteiger partial charge in [0.25, 0.3) is 5.91 Å². The van der Waals surface area contributed by atoms with Crippen molar-refractivity contribution in [3.8, 4) is 0 Å². The van der Waals surface area contributed by atoms with E-state index in [-0.39, 0.29) is 18.2 Å². The molecule has 0 aliphatic carbocycles. The molecule has 6 heteroatoms. The van der Waals surface area contributed by atoms with Crippen molar-refractivity contribution >= 4 is 23.3 Å². The van der Waals surface area contributed by atoms with Gasteiger partial charge in [-0.05, 0) is 31.2 Å². The zero-order chi connectivity index (χ0) is 15.8. The predicted octanol–water partition coefficient (Wildman–Crippen LogP) is 2.22. The third-order valence-electron chi connectivity index (χ3n) is 2.73. The van der Waals surface area contributed by atoms with E-state index in [2.05, 4.69) is 20.8 Å². The molecule has 2 N–H and O–H groups in total. The molecular formula is C16H16N4O2. The molecule has 0 spiro atoms. The fourth-order valence-corrected chi connectivity index (χ4v) is 1.70. The highest BCUT2D eigenvalue weighted by molar-refractivity contribution is 6.05. The summed E-state index contributed by atoms with van der Waals surface area (Å²) < 4.78 is 0. The van der Waals surface area contributed by atoms with Crippen molar-refractivity contribution in [2.75, 3.05) is 5.32 Å². The number of anilines is 1. The van der Waals surface area contributed by atoms with Gasteiger partial charge in [-0.2, -0.15) is 5.10 Å². The largest absolute Gasteiger partial charge is 0.310 e. The summed E-state index contributed by atoms with van der Waals surface area (Å²) >= 11 is 0. The van der Waals surface area contributed by atoms with Gasteiger partial charge in [-0.1, -0.05) is 24.3 Å². The van der Waals surface area contributed by atoms with Crippen LogP contribution in [0.3, 0.4) is 0 Å². The lowest BCUT2D eigenvalue weighted by Crippen LogP contribution is -2.21. The third-order valence-corrected chi connectivity index (χ3v) is 2.73. The Morgan fingerprint density at radius 2 is 1.82 bits per heavy atom. The summed E-state index contributed by atoms with van der Waals surface area (Å²) in [6.07, 6.45) is 1.67. The molecule has 22 heavy (non-hydrogen) atoms. The maximum Gasteiger partial charge on any atom is 0.271 e. The van der Waals surface area contributed by atoms with Gasteiger partial charge in [0, 0.05) is 17.5 Å². The van der Waals surface area contributed by atoms with Crippen LogP contribution in [0.2, 0.25) is 0 Å². The maximum atomic E-state index is 11.8. The molecule has 2 rings (SSSR count). The van der Waals surface area contributed by atoms with Crippen LogP contribution in [0.5, 0.6) is 0 Å². The van der Waals surface area contributed by atoms with Gasteiger partial charge in [0.05, 0.1) is 6.42 Å². The van der Waals surface area contributed by atoms with E-state index in [1.807, 2.05) is 6.07 Å². The summed E-state index contributed by atoms with van der Waals surface area (Å²) in [5.41, 5.74) is 3.43. The number of benzene rings is 1. The first-order chi connectivity index (χ1) is 10.6. The monoisotopic (exact) mass is 296 g/mol. The van der Waals surface area contributed by atoms with E-state index in [0.29, 0.717) is 17.1 Å². The van der Waals surface area contributed by atoms with E-state index in [4.69, 9.17) is 0 Å². The zero-order valence-electron chi connectivity index (χ0n) is 12.1. The molecule has 0 saturated heterocycles. The highest BCUT2D eigenvalue weighted by Gasteiger charge is 2.06. The van der Waals surface area contributed by atoms with Gasteiger partial charge in [-0.25, -0.2) is 10.4 Å². The van der Waals surface area contributed by atoms with Crippen LogP contribution < -0.4 is 10.7 Å². The average Bonchev–Trinajstić information content (AvgIpc) is 2.54. The first kappa shape index (κ1) is 15.4. The van der Waals surface area contributed by atoms with Crippen molar-refractivity contribution in [2.45, 2.75) is 13.3 Å². The van der Waals surface area contributed by atoms with Crippen LogP contribution in [0.15, 0.2) is 59.8 Å². The molecule has 0 radical (unpaired) electrons. The lowest BCUT2D eigenvalue weighted by molar-refractivity contribution is -0.115. The fourth-order valence-electron chi connectivity index (χ4n) is 1.70. The van der Waals surface area contributed by atoms with Crippen LogP contribution in [-0.2, 0) is 4.79 Å². The standard InChI is InChI=1S/C16H16N4O2/c1-12(11-15(21)18-14-9-5-6-10-17-14)19-20-16(22)13-7-3-2-4-8-13/h2-10H,11H2,1H3,(H,20,22)(H,17,18,21)/b19-12+. The number of hydrazone groups is 1. The molecule has 0 unspecified atom stereocenters. The lowest BCUT2D eigenvalue weighted by atomic mass is 10.2. The van der Waals surface area contributed by atoms with Gasteiger partial charge in [0.2, 0.25) is 5.91 Å². The van der Waals surface area contributed by atoms with Crippen LogP contribution in [-0.4, -0.2) is 22.5 Å². The number of amides is 2. The number of carbonyl (C=O) groups excluding carboxylic acids is 2. The van der Waals surface area contributed by atoms with Crippen molar-refractivity contribution < 1.29 is 9.59 Å². The minimum atomic E-state index is -0.315. The summed E-state index contributed by atoms with van der Waals surface area (Å²) in [5, 5.41) is 6.57. The van der Waals surface area contributed by atoms with Gasteiger partial charge >= 0.3 is 0 Å². The Balaban J connectivity index is 1.85. The Morgan fingerprint density at radius 3 is 2.50 bits per heavy atom. The van der Waals surface area contributed by atoms with Crippen LogP contribution in [0.1, 0.15) is 23.7 Å². The van der Waals surface area contributed by atoms with Gasteiger partial charge < -0.3 is 5.32 Å². The normalized spacial score (nSPS) is 10.9. The van der Waals surface area contributed by atoms with Gasteiger partial charge in [0.1, 0.15) is 5.82 Å². The molecule has 1 aromatic carbocycles. The number of pyridine rings is 1. The number of hydrogen-bond acceptors (Lipinski definition) is 4. The fraction of sp³-hybridized carbons (Fsp3) is 0.125. The van der Waals surface area contributed by atoms with Gasteiger partial charge in [-0.3, -0.25) is 9.59 Å². The van der Waals surface area contributed by atoms with E-state index >= 15 is 0 Å². The molecule has 2 amide bonds. The Hall–Kier alpha value is -3.02. The van der Waals surface area contributed by atoms with Crippen LogP contribution in [0.4, 0.5) is 5.82 Å². The molecule has 0 saturated carbocycles. The second-order valence-corrected chi connectivity index (χ2v) is 4.59. The van der Waals surface area contributed by atoms with E-state index in [1.54, 1.807) is 55.6 Å². The van der Waals surface area contributed by atoms with Crippen molar-refractivity contribution in [1.29, 1.82) is 0 Å². The highest BCUT2D eigenvalue weighted by Crippen LogP contribution is 2.01. The summed E-state index contributed by atoms with van der Waals surface area (Å²) in [6, 6.07) is 14.0. The molecule has 0 aliphatic rings. The molecule has 0 atom stereocenters. The summed E-state index contributed by atoms with van der Waals surface area (Å²) in [6.45, 7) is 1.67. The molecule has 0 aliphatic heterocycles. The zero-order valence-corrected chi connectivity index (χ0v) is 12.1. The molecule has 0 bridgehead atoms. The second kappa shape index (κ2) is 7.68. The Labute approximate surface area is 128 Å². The number of carbonyl (C=O) groups is 2. The number of rotatable bonds is 5. The molecule has 6 nitrogen and oxygen atoms in total. The average molecular weight is 296 g/mol. The second-order valence-electron chi connectivity index (χ2n) is 4.59. The lowest BCUT2D eigenvalue weighted by Gasteiger charge is -2.04. The quantitative estimate of drug-likeness (QED) is 0.655. The minimum Gasteiger partial charge on any atom is -0.310 e. The number of nitrogens with one attached hydrogen (secondary N) is 2. The first-order valence-corrected chi connectivity index (χ1v) is 6.74. The van der Waals surface area contributed by atoms with Gasteiger partial charge in [-0.15, -0.1) is 0 Å². The summed E-state index contributed by atoms with van der Waals surface area (Å²) in [4.78, 5) is 27.6. The van der Waals surface area contributed by atoms with Gasteiger partial charge in [0.15, 0.2) is 0 Å². The Bertz CT molecular complexity index is 669. The topological polar surface area (TPSA) is 83.4 Å². The minimum absolute atomic E-state index is 0.0750. The Morgan fingerprint density at radius 1 is 1.09 bits per heavy atom. The molecule has 1 heterocycles. The smallest absolute Gasteiger partial charge is 0.271 e. The van der Waals surface area contributed by atoms with Crippen LogP contribution in [0, 0.1) is 0 Å². The molecule has 0 fully saturated rings.